The third kappa shape index (κ3) is 3.74. The molecule has 4 nitrogen and oxygen atoms in total. The molecule has 100 valence electrons. The summed E-state index contributed by atoms with van der Waals surface area (Å²) < 4.78 is 10.5. The van der Waals surface area contributed by atoms with E-state index < -0.39 is 6.10 Å². The maximum Gasteiger partial charge on any atom is 0.347 e. The molecular weight excluding hydrogens is 230 g/mol. The lowest BCUT2D eigenvalue weighted by atomic mass is 10.1. The molecule has 0 aliphatic heterocycles. The zero-order valence-electron chi connectivity index (χ0n) is 11.4. The molecule has 0 aromatic heterocycles. The maximum atomic E-state index is 11.5. The molecule has 0 saturated heterocycles. The Balaban J connectivity index is 2.76. The lowest BCUT2D eigenvalue weighted by Crippen LogP contribution is -2.26. The Bertz CT molecular complexity index is 416. The van der Waals surface area contributed by atoms with Crippen molar-refractivity contribution in [3.8, 4) is 5.75 Å². The SMILES string of the molecule is CCOC(=O)C(C)Oc1ccc(C(C)N)cc1C. The number of nitrogens with two attached hydrogens (primary N) is 1. The van der Waals surface area contributed by atoms with Crippen molar-refractivity contribution in [2.24, 2.45) is 5.73 Å². The Morgan fingerprint density at radius 3 is 2.56 bits per heavy atom. The molecule has 1 aromatic carbocycles. The fourth-order valence-electron chi connectivity index (χ4n) is 1.59. The summed E-state index contributed by atoms with van der Waals surface area (Å²) >= 11 is 0. The molecule has 1 aromatic rings. The van der Waals surface area contributed by atoms with Crippen LogP contribution in [0, 0.1) is 6.92 Å². The summed E-state index contributed by atoms with van der Waals surface area (Å²) in [4.78, 5) is 11.5. The van der Waals surface area contributed by atoms with Crippen LogP contribution in [0.2, 0.25) is 0 Å². The van der Waals surface area contributed by atoms with Crippen molar-refractivity contribution in [3.63, 3.8) is 0 Å². The number of hydrogen-bond acceptors (Lipinski definition) is 4. The van der Waals surface area contributed by atoms with Crippen molar-refractivity contribution in [2.45, 2.75) is 39.8 Å². The number of esters is 1. The first-order valence-corrected chi connectivity index (χ1v) is 6.15. The molecule has 0 heterocycles. The molecule has 0 radical (unpaired) electrons. The summed E-state index contributed by atoms with van der Waals surface area (Å²) in [6, 6.07) is 5.70. The Hall–Kier alpha value is -1.55. The van der Waals surface area contributed by atoms with Crippen LogP contribution in [-0.2, 0) is 9.53 Å². The molecule has 0 spiro atoms. The average Bonchev–Trinajstić information content (AvgIpc) is 2.31. The summed E-state index contributed by atoms with van der Waals surface area (Å²) in [5.74, 6) is 0.327. The predicted molar refractivity (Wildman–Crippen MR) is 70.5 cm³/mol. The largest absolute Gasteiger partial charge is 0.479 e. The van der Waals surface area contributed by atoms with Crippen LogP contribution in [0.1, 0.15) is 37.9 Å². The van der Waals surface area contributed by atoms with E-state index in [2.05, 4.69) is 0 Å². The second-order valence-corrected chi connectivity index (χ2v) is 4.33. The van der Waals surface area contributed by atoms with Crippen LogP contribution in [-0.4, -0.2) is 18.7 Å². The molecule has 0 bridgehead atoms. The number of carbonyl (C=O) groups is 1. The zero-order chi connectivity index (χ0) is 13.7. The van der Waals surface area contributed by atoms with Gasteiger partial charge in [-0.25, -0.2) is 4.79 Å². The third-order valence-corrected chi connectivity index (χ3v) is 2.65. The first kappa shape index (κ1) is 14.5. The molecular formula is C14H21NO3. The second kappa shape index (κ2) is 6.40. The fourth-order valence-corrected chi connectivity index (χ4v) is 1.59. The molecule has 2 N–H and O–H groups in total. The fraction of sp³-hybridized carbons (Fsp3) is 0.500. The third-order valence-electron chi connectivity index (χ3n) is 2.65. The predicted octanol–water partition coefficient (Wildman–Crippen LogP) is 2.35. The van der Waals surface area contributed by atoms with E-state index in [-0.39, 0.29) is 12.0 Å². The molecule has 0 fully saturated rings. The number of carbonyl (C=O) groups excluding carboxylic acids is 1. The lowest BCUT2D eigenvalue weighted by molar-refractivity contribution is -0.150. The highest BCUT2D eigenvalue weighted by molar-refractivity contribution is 5.74. The van der Waals surface area contributed by atoms with Gasteiger partial charge in [0, 0.05) is 6.04 Å². The zero-order valence-corrected chi connectivity index (χ0v) is 11.4. The Labute approximate surface area is 108 Å². The minimum Gasteiger partial charge on any atom is -0.479 e. The summed E-state index contributed by atoms with van der Waals surface area (Å²) in [7, 11) is 0. The van der Waals surface area contributed by atoms with Gasteiger partial charge < -0.3 is 15.2 Å². The van der Waals surface area contributed by atoms with Crippen molar-refractivity contribution in [3.05, 3.63) is 29.3 Å². The summed E-state index contributed by atoms with van der Waals surface area (Å²) in [6.45, 7) is 7.66. The van der Waals surface area contributed by atoms with Crippen molar-refractivity contribution in [1.82, 2.24) is 0 Å². The normalized spacial score (nSPS) is 13.8. The molecule has 2 unspecified atom stereocenters. The van der Waals surface area contributed by atoms with E-state index in [4.69, 9.17) is 15.2 Å². The Morgan fingerprint density at radius 2 is 2.06 bits per heavy atom. The van der Waals surface area contributed by atoms with Gasteiger partial charge in [-0.1, -0.05) is 12.1 Å². The highest BCUT2D eigenvalue weighted by atomic mass is 16.6. The summed E-state index contributed by atoms with van der Waals surface area (Å²) in [5, 5.41) is 0. The first-order valence-electron chi connectivity index (χ1n) is 6.15. The van der Waals surface area contributed by atoms with E-state index in [1.807, 2.05) is 32.0 Å². The van der Waals surface area contributed by atoms with E-state index in [9.17, 15) is 4.79 Å². The monoisotopic (exact) mass is 251 g/mol. The van der Waals surface area contributed by atoms with Crippen LogP contribution in [0.15, 0.2) is 18.2 Å². The Kier molecular flexibility index (Phi) is 5.16. The van der Waals surface area contributed by atoms with Gasteiger partial charge in [-0.2, -0.15) is 0 Å². The van der Waals surface area contributed by atoms with E-state index in [0.717, 1.165) is 11.1 Å². The molecule has 0 saturated carbocycles. The standard InChI is InChI=1S/C14H21NO3/c1-5-17-14(16)11(4)18-13-7-6-12(10(3)15)8-9(13)2/h6-8,10-11H,5,15H2,1-4H3. The number of aryl methyl sites for hydroxylation is 1. The van der Waals surface area contributed by atoms with Gasteiger partial charge in [0.15, 0.2) is 6.10 Å². The van der Waals surface area contributed by atoms with Crippen molar-refractivity contribution in [1.29, 1.82) is 0 Å². The van der Waals surface area contributed by atoms with Crippen LogP contribution in [0.3, 0.4) is 0 Å². The topological polar surface area (TPSA) is 61.5 Å². The van der Waals surface area contributed by atoms with Gasteiger partial charge >= 0.3 is 5.97 Å². The maximum absolute atomic E-state index is 11.5. The van der Waals surface area contributed by atoms with Crippen molar-refractivity contribution < 1.29 is 14.3 Å². The highest BCUT2D eigenvalue weighted by Crippen LogP contribution is 2.23. The summed E-state index contributed by atoms with van der Waals surface area (Å²) in [6.07, 6.45) is -0.607. The van der Waals surface area contributed by atoms with Gasteiger partial charge in [-0.15, -0.1) is 0 Å². The van der Waals surface area contributed by atoms with E-state index in [0.29, 0.717) is 12.4 Å². The second-order valence-electron chi connectivity index (χ2n) is 4.33. The lowest BCUT2D eigenvalue weighted by Gasteiger charge is -2.16. The first-order chi connectivity index (χ1) is 8.45. The molecule has 2 atom stereocenters. The molecule has 0 amide bonds. The quantitative estimate of drug-likeness (QED) is 0.816. The van der Waals surface area contributed by atoms with E-state index in [1.165, 1.54) is 0 Å². The van der Waals surface area contributed by atoms with E-state index in [1.54, 1.807) is 13.8 Å². The van der Waals surface area contributed by atoms with Gasteiger partial charge in [-0.05, 0) is 44.9 Å². The molecule has 0 aliphatic carbocycles. The average molecular weight is 251 g/mol. The number of benzene rings is 1. The van der Waals surface area contributed by atoms with Gasteiger partial charge in [0.05, 0.1) is 6.61 Å². The molecule has 18 heavy (non-hydrogen) atoms. The van der Waals surface area contributed by atoms with Crippen LogP contribution >= 0.6 is 0 Å². The van der Waals surface area contributed by atoms with Crippen LogP contribution in [0.25, 0.3) is 0 Å². The van der Waals surface area contributed by atoms with Gasteiger partial charge in [0.1, 0.15) is 5.75 Å². The summed E-state index contributed by atoms with van der Waals surface area (Å²) in [5.41, 5.74) is 7.81. The van der Waals surface area contributed by atoms with Gasteiger partial charge in [0.25, 0.3) is 0 Å². The minimum absolute atomic E-state index is 0.0137. The molecule has 4 heteroatoms. The van der Waals surface area contributed by atoms with E-state index >= 15 is 0 Å². The number of ether oxygens (including phenoxy) is 2. The number of rotatable bonds is 5. The van der Waals surface area contributed by atoms with Gasteiger partial charge in [-0.3, -0.25) is 0 Å². The van der Waals surface area contributed by atoms with Crippen molar-refractivity contribution in [2.75, 3.05) is 6.61 Å². The van der Waals surface area contributed by atoms with Crippen LogP contribution in [0.4, 0.5) is 0 Å². The smallest absolute Gasteiger partial charge is 0.347 e. The highest BCUT2D eigenvalue weighted by Gasteiger charge is 2.16. The Morgan fingerprint density at radius 1 is 1.39 bits per heavy atom. The van der Waals surface area contributed by atoms with Crippen LogP contribution < -0.4 is 10.5 Å². The molecule has 0 aliphatic rings. The minimum atomic E-state index is -0.607. The number of hydrogen-bond donors (Lipinski definition) is 1. The molecule has 1 rings (SSSR count). The van der Waals surface area contributed by atoms with Gasteiger partial charge in [0.2, 0.25) is 0 Å². The van der Waals surface area contributed by atoms with Crippen LogP contribution in [0.5, 0.6) is 5.75 Å². The van der Waals surface area contributed by atoms with Crippen molar-refractivity contribution >= 4 is 5.97 Å².